The molecule has 0 aliphatic carbocycles. The lowest BCUT2D eigenvalue weighted by molar-refractivity contribution is -0.137. The Balaban J connectivity index is 0.000000789. The van der Waals surface area contributed by atoms with Gasteiger partial charge < -0.3 is 14.5 Å². The molecule has 0 aromatic heterocycles. The van der Waals surface area contributed by atoms with Gasteiger partial charge in [0.15, 0.2) is 0 Å². The number of aldehydes is 1. The molecule has 2 aromatic carbocycles. The zero-order chi connectivity index (χ0) is 19.9. The van der Waals surface area contributed by atoms with E-state index < -0.39 is 17.7 Å². The van der Waals surface area contributed by atoms with Gasteiger partial charge in [0.25, 0.3) is 0 Å². The van der Waals surface area contributed by atoms with E-state index in [-0.39, 0.29) is 11.3 Å². The molecule has 0 saturated heterocycles. The molecule has 0 saturated carbocycles. The number of rotatable bonds is 5. The van der Waals surface area contributed by atoms with Crippen LogP contribution in [0.25, 0.3) is 5.57 Å². The summed E-state index contributed by atoms with van der Waals surface area (Å²) >= 11 is 0. The zero-order valence-electron chi connectivity index (χ0n) is 14.3. The SMILES string of the molecule is C1=NO1.CC(=C(ON)C(C=O)c1ccccc1)c1cccc(C(F)(F)F)c1. The Morgan fingerprint density at radius 1 is 1.19 bits per heavy atom. The molecule has 0 fully saturated rings. The van der Waals surface area contributed by atoms with Gasteiger partial charge in [-0.1, -0.05) is 42.5 Å². The van der Waals surface area contributed by atoms with E-state index in [1.165, 1.54) is 18.5 Å². The van der Waals surface area contributed by atoms with Gasteiger partial charge in [0.2, 0.25) is 6.40 Å². The van der Waals surface area contributed by atoms with Gasteiger partial charge >= 0.3 is 6.18 Å². The fourth-order valence-electron chi connectivity index (χ4n) is 2.42. The summed E-state index contributed by atoms with van der Waals surface area (Å²) in [6.07, 6.45) is -2.43. The van der Waals surface area contributed by atoms with Crippen molar-refractivity contribution in [2.45, 2.75) is 19.0 Å². The number of allylic oxidation sites excluding steroid dienone is 2. The molecule has 0 bridgehead atoms. The van der Waals surface area contributed by atoms with Crippen LogP contribution in [0.2, 0.25) is 0 Å². The van der Waals surface area contributed by atoms with E-state index in [0.29, 0.717) is 17.4 Å². The Kier molecular flexibility index (Phi) is 6.73. The second-order valence-corrected chi connectivity index (χ2v) is 5.53. The van der Waals surface area contributed by atoms with Crippen LogP contribution in [-0.2, 0) is 20.6 Å². The maximum Gasteiger partial charge on any atom is 0.416 e. The van der Waals surface area contributed by atoms with Crippen LogP contribution in [0.4, 0.5) is 13.2 Å². The third-order valence-electron chi connectivity index (χ3n) is 3.80. The smallest absolute Gasteiger partial charge is 0.415 e. The highest BCUT2D eigenvalue weighted by Crippen LogP contribution is 2.33. The first-order valence-electron chi connectivity index (χ1n) is 7.81. The average Bonchev–Trinajstić information content (AvgIpc) is 3.55. The van der Waals surface area contributed by atoms with Crippen molar-refractivity contribution in [1.82, 2.24) is 0 Å². The minimum atomic E-state index is -4.45. The fraction of sp³-hybridized carbons (Fsp3) is 0.158. The minimum absolute atomic E-state index is 0.107. The van der Waals surface area contributed by atoms with Crippen molar-refractivity contribution in [2.75, 3.05) is 0 Å². The molecule has 1 atom stereocenters. The lowest BCUT2D eigenvalue weighted by Crippen LogP contribution is -2.13. The van der Waals surface area contributed by atoms with Crippen LogP contribution in [-0.4, -0.2) is 12.7 Å². The quantitative estimate of drug-likeness (QED) is 0.479. The van der Waals surface area contributed by atoms with E-state index >= 15 is 0 Å². The van der Waals surface area contributed by atoms with E-state index in [1.54, 1.807) is 37.3 Å². The molecule has 1 heterocycles. The van der Waals surface area contributed by atoms with E-state index in [1.807, 2.05) is 0 Å². The molecular formula is C19H17F3N2O3. The topological polar surface area (TPSA) is 77.2 Å². The Morgan fingerprint density at radius 2 is 1.81 bits per heavy atom. The first kappa shape index (κ1) is 20.2. The van der Waals surface area contributed by atoms with Crippen molar-refractivity contribution in [3.8, 4) is 0 Å². The summed E-state index contributed by atoms with van der Waals surface area (Å²) in [7, 11) is 0. The third-order valence-corrected chi connectivity index (χ3v) is 3.80. The van der Waals surface area contributed by atoms with Crippen molar-refractivity contribution in [3.63, 3.8) is 0 Å². The van der Waals surface area contributed by atoms with Gasteiger partial charge in [0.1, 0.15) is 12.0 Å². The normalized spacial score (nSPS) is 14.1. The molecule has 142 valence electrons. The largest absolute Gasteiger partial charge is 0.416 e. The maximum atomic E-state index is 12.9. The number of nitrogens with two attached hydrogens (primary N) is 1. The molecule has 2 N–H and O–H groups in total. The number of benzene rings is 2. The van der Waals surface area contributed by atoms with Crippen molar-refractivity contribution >= 4 is 18.3 Å². The van der Waals surface area contributed by atoms with Crippen LogP contribution in [0.3, 0.4) is 0 Å². The zero-order valence-corrected chi connectivity index (χ0v) is 14.3. The minimum Gasteiger partial charge on any atom is -0.415 e. The van der Waals surface area contributed by atoms with Crippen LogP contribution in [0.5, 0.6) is 0 Å². The molecule has 2 aromatic rings. The highest BCUT2D eigenvalue weighted by Gasteiger charge is 2.31. The molecule has 27 heavy (non-hydrogen) atoms. The Labute approximate surface area is 153 Å². The number of oxime groups is 1. The van der Waals surface area contributed by atoms with Gasteiger partial charge in [0, 0.05) is 0 Å². The van der Waals surface area contributed by atoms with Crippen molar-refractivity contribution in [3.05, 3.63) is 77.0 Å². The second kappa shape index (κ2) is 9.00. The van der Waals surface area contributed by atoms with Crippen LogP contribution in [0.1, 0.15) is 29.5 Å². The maximum absolute atomic E-state index is 12.9. The molecule has 3 rings (SSSR count). The average molecular weight is 378 g/mol. The summed E-state index contributed by atoms with van der Waals surface area (Å²) in [6.45, 7) is 1.57. The van der Waals surface area contributed by atoms with Crippen LogP contribution >= 0.6 is 0 Å². The predicted molar refractivity (Wildman–Crippen MR) is 94.1 cm³/mol. The first-order chi connectivity index (χ1) is 12.9. The van der Waals surface area contributed by atoms with E-state index in [0.717, 1.165) is 12.1 Å². The summed E-state index contributed by atoms with van der Waals surface area (Å²) in [6, 6.07) is 13.5. The van der Waals surface area contributed by atoms with Crippen LogP contribution in [0, 0.1) is 0 Å². The van der Waals surface area contributed by atoms with Gasteiger partial charge in [-0.2, -0.15) is 19.1 Å². The van der Waals surface area contributed by atoms with E-state index in [4.69, 9.17) is 10.7 Å². The number of alkyl halides is 3. The summed E-state index contributed by atoms with van der Waals surface area (Å²) in [5, 5.41) is 3.12. The Bertz CT molecular complexity index is 830. The van der Waals surface area contributed by atoms with Crippen molar-refractivity contribution < 1.29 is 27.6 Å². The molecular weight excluding hydrogens is 361 g/mol. The highest BCUT2D eigenvalue weighted by atomic mass is 19.4. The molecule has 1 aliphatic heterocycles. The molecule has 0 amide bonds. The van der Waals surface area contributed by atoms with Crippen molar-refractivity contribution in [1.29, 1.82) is 0 Å². The summed E-state index contributed by atoms with van der Waals surface area (Å²) < 4.78 is 38.6. The van der Waals surface area contributed by atoms with Crippen molar-refractivity contribution in [2.24, 2.45) is 11.1 Å². The number of halogens is 3. The van der Waals surface area contributed by atoms with Gasteiger partial charge in [-0.3, -0.25) is 0 Å². The number of hydrogen-bond acceptors (Lipinski definition) is 5. The lowest BCUT2D eigenvalue weighted by atomic mass is 9.93. The summed E-state index contributed by atoms with van der Waals surface area (Å²) in [4.78, 5) is 20.4. The second-order valence-electron chi connectivity index (χ2n) is 5.53. The van der Waals surface area contributed by atoms with E-state index in [2.05, 4.69) is 9.99 Å². The monoisotopic (exact) mass is 378 g/mol. The van der Waals surface area contributed by atoms with E-state index in [9.17, 15) is 18.0 Å². The van der Waals surface area contributed by atoms with Crippen LogP contribution in [0.15, 0.2) is 65.5 Å². The molecule has 8 heteroatoms. The number of nitrogens with zero attached hydrogens (tertiary/aromatic N) is 1. The van der Waals surface area contributed by atoms with Gasteiger partial charge in [-0.15, -0.1) is 0 Å². The lowest BCUT2D eigenvalue weighted by Gasteiger charge is -2.17. The molecule has 0 radical (unpaired) electrons. The van der Waals surface area contributed by atoms with Gasteiger partial charge in [-0.05, 0) is 40.9 Å². The van der Waals surface area contributed by atoms with Crippen LogP contribution < -0.4 is 5.90 Å². The molecule has 0 spiro atoms. The van der Waals surface area contributed by atoms with Gasteiger partial charge in [-0.25, -0.2) is 0 Å². The standard InChI is InChI=1S/C18H16F3NO2.CHNO/c1-12(14-8-5-9-15(10-14)18(19,20)21)17(24-22)16(11-23)13-6-3-2-4-7-13;1-2-3-1/h2-11,16H,22H2,1H3;1H. The molecule has 5 nitrogen and oxygen atoms in total. The highest BCUT2D eigenvalue weighted by molar-refractivity contribution is 5.76. The number of carbonyl (C=O) groups excluding carboxylic acids is 1. The number of carbonyl (C=O) groups is 1. The first-order valence-corrected chi connectivity index (χ1v) is 7.81. The Morgan fingerprint density at radius 3 is 2.30 bits per heavy atom. The number of hydrogen-bond donors (Lipinski definition) is 1. The summed E-state index contributed by atoms with van der Waals surface area (Å²) in [5.41, 5.74) is 0.509. The molecule has 1 aliphatic rings. The fourth-order valence-corrected chi connectivity index (χ4v) is 2.42. The third kappa shape index (κ3) is 5.68. The molecule has 1 unspecified atom stereocenters. The Hall–Kier alpha value is -3.13. The summed E-state index contributed by atoms with van der Waals surface area (Å²) in [5.74, 6) is 4.62. The predicted octanol–water partition coefficient (Wildman–Crippen LogP) is 4.27. The van der Waals surface area contributed by atoms with Gasteiger partial charge in [0.05, 0.1) is 11.5 Å².